The Morgan fingerprint density at radius 2 is 1.61 bits per heavy atom. The molecule has 0 aromatic heterocycles. The summed E-state index contributed by atoms with van der Waals surface area (Å²) in [5.74, 6) is -0.643. The van der Waals surface area contributed by atoms with E-state index in [1.165, 1.54) is 0 Å². The van der Waals surface area contributed by atoms with Gasteiger partial charge in [-0.05, 0) is 33.3 Å². The summed E-state index contributed by atoms with van der Waals surface area (Å²) in [5, 5.41) is 2.54. The standard InChI is InChI=1S/C25H35NO7/c1-16(2)12-30-22-18(5)29-15-21(24(27)33-19(6)23(22)31-13-17(3)4)26-25(28)32-14-20-10-8-7-9-11-20/h7-11,18-19,21-23H,1,3,12-15H2,2,4-6H3,(H,26,28). The van der Waals surface area contributed by atoms with E-state index in [9.17, 15) is 9.59 Å². The van der Waals surface area contributed by atoms with E-state index in [4.69, 9.17) is 23.7 Å². The summed E-state index contributed by atoms with van der Waals surface area (Å²) in [7, 11) is 0. The minimum Gasteiger partial charge on any atom is -0.458 e. The van der Waals surface area contributed by atoms with Gasteiger partial charge in [-0.2, -0.15) is 0 Å². The zero-order valence-electron chi connectivity index (χ0n) is 19.9. The quantitative estimate of drug-likeness (QED) is 0.444. The molecule has 2 rings (SSSR count). The smallest absolute Gasteiger partial charge is 0.408 e. The molecule has 1 aliphatic rings. The Balaban J connectivity index is 2.09. The Hall–Kier alpha value is -2.68. The number of amides is 1. The third-order valence-corrected chi connectivity index (χ3v) is 4.91. The number of nitrogens with one attached hydrogen (secondary N) is 1. The lowest BCUT2D eigenvalue weighted by atomic mass is 10.0. The van der Waals surface area contributed by atoms with Crippen molar-refractivity contribution in [2.24, 2.45) is 0 Å². The van der Waals surface area contributed by atoms with Gasteiger partial charge in [0.25, 0.3) is 0 Å². The summed E-state index contributed by atoms with van der Waals surface area (Å²) in [4.78, 5) is 25.1. The molecule has 8 heteroatoms. The van der Waals surface area contributed by atoms with E-state index in [1.54, 1.807) is 6.92 Å². The molecule has 0 spiro atoms. The lowest BCUT2D eigenvalue weighted by Gasteiger charge is -2.33. The second-order valence-corrected chi connectivity index (χ2v) is 8.40. The van der Waals surface area contributed by atoms with E-state index in [2.05, 4.69) is 18.5 Å². The molecule has 8 nitrogen and oxygen atoms in total. The van der Waals surface area contributed by atoms with Crippen molar-refractivity contribution < 1.29 is 33.3 Å². The van der Waals surface area contributed by atoms with Crippen LogP contribution in [0.15, 0.2) is 54.6 Å². The van der Waals surface area contributed by atoms with E-state index in [0.717, 1.165) is 16.7 Å². The minimum atomic E-state index is -1.04. The van der Waals surface area contributed by atoms with Gasteiger partial charge in [-0.1, -0.05) is 54.6 Å². The molecule has 5 atom stereocenters. The summed E-state index contributed by atoms with van der Waals surface area (Å²) < 4.78 is 28.8. The van der Waals surface area contributed by atoms with Gasteiger partial charge in [-0.15, -0.1) is 0 Å². The Morgan fingerprint density at radius 1 is 1.03 bits per heavy atom. The first-order valence-electron chi connectivity index (χ1n) is 11.0. The predicted octanol–water partition coefficient (Wildman–Crippen LogP) is 3.55. The number of carbonyl (C=O) groups is 2. The van der Waals surface area contributed by atoms with Crippen molar-refractivity contribution in [3.63, 3.8) is 0 Å². The number of cyclic esters (lactones) is 1. The molecule has 0 bridgehead atoms. The monoisotopic (exact) mass is 461 g/mol. The summed E-state index contributed by atoms with van der Waals surface area (Å²) in [5.41, 5.74) is 2.49. The molecule has 1 heterocycles. The van der Waals surface area contributed by atoms with Crippen molar-refractivity contribution in [3.05, 3.63) is 60.2 Å². The number of hydrogen-bond acceptors (Lipinski definition) is 7. The number of benzene rings is 1. The van der Waals surface area contributed by atoms with Crippen LogP contribution in [0.3, 0.4) is 0 Å². The van der Waals surface area contributed by atoms with Crippen molar-refractivity contribution in [2.75, 3.05) is 19.8 Å². The molecule has 1 aromatic carbocycles. The van der Waals surface area contributed by atoms with Crippen LogP contribution in [0.2, 0.25) is 0 Å². The largest absolute Gasteiger partial charge is 0.458 e. The molecule has 1 N–H and O–H groups in total. The first kappa shape index (κ1) is 26.6. The molecule has 0 radical (unpaired) electrons. The molecular formula is C25H35NO7. The summed E-state index contributed by atoms with van der Waals surface area (Å²) >= 11 is 0. The van der Waals surface area contributed by atoms with Crippen molar-refractivity contribution in [2.45, 2.75) is 64.8 Å². The number of esters is 1. The maximum atomic E-state index is 12.8. The number of rotatable bonds is 9. The fraction of sp³-hybridized carbons (Fsp3) is 0.520. The highest BCUT2D eigenvalue weighted by Crippen LogP contribution is 2.21. The van der Waals surface area contributed by atoms with Crippen LogP contribution in [0.4, 0.5) is 4.79 Å². The van der Waals surface area contributed by atoms with Crippen molar-refractivity contribution in [1.82, 2.24) is 5.32 Å². The van der Waals surface area contributed by atoms with Crippen molar-refractivity contribution >= 4 is 12.1 Å². The topological polar surface area (TPSA) is 92.3 Å². The van der Waals surface area contributed by atoms with Gasteiger partial charge >= 0.3 is 12.1 Å². The number of ether oxygens (including phenoxy) is 5. The molecule has 1 saturated heterocycles. The van der Waals surface area contributed by atoms with Gasteiger partial charge in [0.15, 0.2) is 6.04 Å². The molecule has 1 aromatic rings. The molecule has 0 aliphatic carbocycles. The maximum absolute atomic E-state index is 12.8. The maximum Gasteiger partial charge on any atom is 0.408 e. The van der Waals surface area contributed by atoms with Crippen molar-refractivity contribution in [3.8, 4) is 0 Å². The molecule has 1 fully saturated rings. The summed E-state index contributed by atoms with van der Waals surface area (Å²) in [6.07, 6.45) is -3.01. The van der Waals surface area contributed by atoms with E-state index >= 15 is 0 Å². The molecule has 5 unspecified atom stereocenters. The van der Waals surface area contributed by atoms with E-state index < -0.39 is 42.5 Å². The Morgan fingerprint density at radius 3 is 2.18 bits per heavy atom. The third-order valence-electron chi connectivity index (χ3n) is 4.91. The van der Waals surface area contributed by atoms with Gasteiger partial charge in [0.05, 0.1) is 25.9 Å². The average molecular weight is 462 g/mol. The van der Waals surface area contributed by atoms with Gasteiger partial charge < -0.3 is 29.0 Å². The van der Waals surface area contributed by atoms with Crippen LogP contribution in [0.5, 0.6) is 0 Å². The minimum absolute atomic E-state index is 0.0791. The molecule has 1 amide bonds. The molecule has 182 valence electrons. The molecule has 33 heavy (non-hydrogen) atoms. The highest BCUT2D eigenvalue weighted by molar-refractivity contribution is 5.81. The predicted molar refractivity (Wildman–Crippen MR) is 124 cm³/mol. The SMILES string of the molecule is C=C(C)COC1C(C)OCC(NC(=O)OCc2ccccc2)C(=O)OC(C)C1OCC(=C)C. The van der Waals surface area contributed by atoms with Gasteiger partial charge in [0.2, 0.25) is 0 Å². The normalized spacial score (nSPS) is 25.7. The van der Waals surface area contributed by atoms with Crippen LogP contribution in [0.25, 0.3) is 0 Å². The second kappa shape index (κ2) is 13.1. The zero-order chi connectivity index (χ0) is 24.4. The Kier molecular flexibility index (Phi) is 10.6. The summed E-state index contributed by atoms with van der Waals surface area (Å²) in [6.45, 7) is 15.5. The second-order valence-electron chi connectivity index (χ2n) is 8.40. The average Bonchev–Trinajstić information content (AvgIpc) is 2.80. The van der Waals surface area contributed by atoms with E-state index in [0.29, 0.717) is 6.61 Å². The number of hydrogen-bond donors (Lipinski definition) is 1. The highest BCUT2D eigenvalue weighted by Gasteiger charge is 2.39. The fourth-order valence-electron chi connectivity index (χ4n) is 3.22. The Bertz CT molecular complexity index is 810. The molecule has 0 saturated carbocycles. The van der Waals surface area contributed by atoms with Gasteiger partial charge in [0.1, 0.15) is 24.9 Å². The van der Waals surface area contributed by atoms with Crippen LogP contribution in [0, 0.1) is 0 Å². The van der Waals surface area contributed by atoms with Crippen LogP contribution in [-0.4, -0.2) is 62.3 Å². The lowest BCUT2D eigenvalue weighted by Crippen LogP contribution is -2.48. The van der Waals surface area contributed by atoms with Gasteiger partial charge in [-0.25, -0.2) is 9.59 Å². The van der Waals surface area contributed by atoms with E-state index in [-0.39, 0.29) is 19.8 Å². The van der Waals surface area contributed by atoms with Crippen LogP contribution in [0.1, 0.15) is 33.3 Å². The third kappa shape index (κ3) is 9.00. The first-order valence-corrected chi connectivity index (χ1v) is 11.0. The van der Waals surface area contributed by atoms with E-state index in [1.807, 2.05) is 51.1 Å². The fourth-order valence-corrected chi connectivity index (χ4v) is 3.22. The number of carbonyl (C=O) groups excluding carboxylic acids is 2. The van der Waals surface area contributed by atoms with Gasteiger partial charge in [-0.3, -0.25) is 0 Å². The zero-order valence-corrected chi connectivity index (χ0v) is 19.9. The van der Waals surface area contributed by atoms with Gasteiger partial charge in [0, 0.05) is 0 Å². The summed E-state index contributed by atoms with van der Waals surface area (Å²) in [6, 6.07) is 8.20. The molecule has 1 aliphatic heterocycles. The lowest BCUT2D eigenvalue weighted by molar-refractivity contribution is -0.170. The van der Waals surface area contributed by atoms with Crippen LogP contribution in [-0.2, 0) is 35.1 Å². The first-order chi connectivity index (χ1) is 15.7. The van der Waals surface area contributed by atoms with Crippen molar-refractivity contribution in [1.29, 1.82) is 0 Å². The number of alkyl carbamates (subject to hydrolysis) is 1. The van der Waals surface area contributed by atoms with Crippen LogP contribution < -0.4 is 5.32 Å². The van der Waals surface area contributed by atoms with Crippen LogP contribution >= 0.6 is 0 Å². The Labute approximate surface area is 195 Å². The molecular weight excluding hydrogens is 426 g/mol. The highest BCUT2D eigenvalue weighted by atomic mass is 16.6.